The van der Waals surface area contributed by atoms with Gasteiger partial charge in [0.05, 0.1) is 5.69 Å². The summed E-state index contributed by atoms with van der Waals surface area (Å²) in [5.74, 6) is 0. The molecule has 2 aromatic carbocycles. The van der Waals surface area contributed by atoms with E-state index >= 15 is 0 Å². The summed E-state index contributed by atoms with van der Waals surface area (Å²) < 4.78 is 0. The lowest BCUT2D eigenvalue weighted by atomic mass is 9.55. The van der Waals surface area contributed by atoms with Gasteiger partial charge in [-0.25, -0.2) is 0 Å². The van der Waals surface area contributed by atoms with E-state index in [-0.39, 0.29) is 27.1 Å². The van der Waals surface area contributed by atoms with Crippen molar-refractivity contribution in [1.82, 2.24) is 4.98 Å². The Morgan fingerprint density at radius 1 is 0.605 bits per heavy atom. The van der Waals surface area contributed by atoms with Gasteiger partial charge in [0.25, 0.3) is 0 Å². The van der Waals surface area contributed by atoms with Crippen molar-refractivity contribution in [3.8, 4) is 22.4 Å². The molecule has 2 aliphatic carbocycles. The van der Waals surface area contributed by atoms with E-state index < -0.39 is 0 Å². The minimum absolute atomic E-state index is 0.0953. The first-order valence-electron chi connectivity index (χ1n) is 14.7. The highest BCUT2D eigenvalue weighted by molar-refractivity contribution is 5.81. The Kier molecular flexibility index (Phi) is 6.11. The van der Waals surface area contributed by atoms with Crippen molar-refractivity contribution in [2.45, 2.75) is 129 Å². The number of hydrogen-bond donors (Lipinski definition) is 0. The molecule has 1 heterocycles. The summed E-state index contributed by atoms with van der Waals surface area (Å²) in [6, 6.07) is 16.4. The fourth-order valence-corrected chi connectivity index (χ4v) is 7.10. The fourth-order valence-electron chi connectivity index (χ4n) is 7.10. The third-order valence-electron chi connectivity index (χ3n) is 9.96. The number of pyridine rings is 1. The molecule has 0 radical (unpaired) electrons. The Bertz CT molecular complexity index is 1340. The van der Waals surface area contributed by atoms with Gasteiger partial charge in [-0.2, -0.15) is 0 Å². The van der Waals surface area contributed by atoms with Crippen LogP contribution in [0, 0.1) is 0 Å². The van der Waals surface area contributed by atoms with Crippen molar-refractivity contribution in [1.29, 1.82) is 0 Å². The second kappa shape index (κ2) is 8.54. The molecule has 0 atom stereocenters. The molecule has 0 spiro atoms. The second-order valence-electron chi connectivity index (χ2n) is 15.9. The maximum Gasteiger partial charge on any atom is 0.0705 e. The van der Waals surface area contributed by atoms with Crippen molar-refractivity contribution in [2.75, 3.05) is 0 Å². The summed E-state index contributed by atoms with van der Waals surface area (Å²) >= 11 is 0. The van der Waals surface area contributed by atoms with E-state index in [2.05, 4.69) is 119 Å². The molecule has 2 aliphatic rings. The van der Waals surface area contributed by atoms with Crippen molar-refractivity contribution in [3.63, 3.8) is 0 Å². The van der Waals surface area contributed by atoms with E-state index in [1.165, 1.54) is 47.9 Å². The normalized spacial score (nSPS) is 20.9. The zero-order valence-electron chi connectivity index (χ0n) is 25.9. The SMILES string of the molecule is CC(C)(C)c1ccnc(-c2cccc(-c3c4c(cc5c3C(C)(C)CCC5(C)C)C(C)(C)CCC4(C)C)c2)c1. The molecule has 202 valence electrons. The summed E-state index contributed by atoms with van der Waals surface area (Å²) in [5, 5.41) is 0. The van der Waals surface area contributed by atoms with Crippen LogP contribution < -0.4 is 0 Å². The van der Waals surface area contributed by atoms with Crippen LogP contribution in [0.15, 0.2) is 48.7 Å². The van der Waals surface area contributed by atoms with Crippen LogP contribution in [0.4, 0.5) is 0 Å². The molecule has 1 nitrogen and oxygen atoms in total. The van der Waals surface area contributed by atoms with Gasteiger partial charge in [-0.3, -0.25) is 4.98 Å². The Morgan fingerprint density at radius 3 is 1.63 bits per heavy atom. The van der Waals surface area contributed by atoms with E-state index in [0.717, 1.165) is 5.69 Å². The zero-order chi connectivity index (χ0) is 27.9. The molecule has 3 aromatic rings. The van der Waals surface area contributed by atoms with Gasteiger partial charge in [-0.05, 0) is 110 Å². The van der Waals surface area contributed by atoms with Crippen LogP contribution in [-0.2, 0) is 27.1 Å². The highest BCUT2D eigenvalue weighted by Crippen LogP contribution is 2.57. The van der Waals surface area contributed by atoms with Crippen LogP contribution in [0.3, 0.4) is 0 Å². The number of benzene rings is 2. The molecule has 1 heteroatoms. The lowest BCUT2D eigenvalue weighted by Gasteiger charge is -2.49. The molecule has 0 amide bonds. The molecule has 0 N–H and O–H groups in total. The number of nitrogens with zero attached hydrogens (tertiary/aromatic N) is 1. The lowest BCUT2D eigenvalue weighted by Crippen LogP contribution is -2.40. The van der Waals surface area contributed by atoms with Gasteiger partial charge in [0, 0.05) is 11.8 Å². The van der Waals surface area contributed by atoms with E-state index in [1.54, 1.807) is 22.3 Å². The number of rotatable bonds is 2. The molecule has 0 saturated carbocycles. The molecule has 0 unspecified atom stereocenters. The summed E-state index contributed by atoms with van der Waals surface area (Å²) in [4.78, 5) is 4.84. The fraction of sp³-hybridized carbons (Fsp3) is 0.541. The molecule has 1 aromatic heterocycles. The molecule has 0 saturated heterocycles. The predicted molar refractivity (Wildman–Crippen MR) is 164 cm³/mol. The lowest BCUT2D eigenvalue weighted by molar-refractivity contribution is 0.314. The van der Waals surface area contributed by atoms with E-state index in [9.17, 15) is 0 Å². The van der Waals surface area contributed by atoms with Gasteiger partial charge < -0.3 is 0 Å². The molecular formula is C37H49N. The van der Waals surface area contributed by atoms with Crippen LogP contribution in [-0.4, -0.2) is 4.98 Å². The van der Waals surface area contributed by atoms with Gasteiger partial charge in [0.15, 0.2) is 0 Å². The molecule has 0 fully saturated rings. The Hall–Kier alpha value is -2.41. The summed E-state index contributed by atoms with van der Waals surface area (Å²) in [7, 11) is 0. The largest absolute Gasteiger partial charge is 0.256 e. The standard InChI is InChI=1S/C37H49N/c1-33(2,3)26-15-20-38-29(22-26)24-13-12-14-25(21-24)30-31-27(34(4,5)16-18-36(31,8)9)23-28-32(30)37(10,11)19-17-35(28,6)7/h12-15,20-23H,16-19H2,1-11H3. The zero-order valence-corrected chi connectivity index (χ0v) is 25.9. The summed E-state index contributed by atoms with van der Waals surface area (Å²) in [6.45, 7) is 26.6. The number of hydrogen-bond acceptors (Lipinski definition) is 1. The highest BCUT2D eigenvalue weighted by Gasteiger charge is 2.46. The van der Waals surface area contributed by atoms with Crippen LogP contribution in [0.25, 0.3) is 22.4 Å². The first-order chi connectivity index (χ1) is 17.4. The third kappa shape index (κ3) is 4.44. The van der Waals surface area contributed by atoms with E-state index in [0.29, 0.717) is 0 Å². The first kappa shape index (κ1) is 27.2. The van der Waals surface area contributed by atoms with Gasteiger partial charge in [0.2, 0.25) is 0 Å². The summed E-state index contributed by atoms with van der Waals surface area (Å²) in [6.07, 6.45) is 6.89. The maximum absolute atomic E-state index is 4.84. The van der Waals surface area contributed by atoms with E-state index in [1.807, 2.05) is 6.20 Å². The average molecular weight is 508 g/mol. The number of aromatic nitrogens is 1. The van der Waals surface area contributed by atoms with Crippen LogP contribution >= 0.6 is 0 Å². The van der Waals surface area contributed by atoms with Gasteiger partial charge in [-0.15, -0.1) is 0 Å². The predicted octanol–water partition coefficient (Wildman–Crippen LogP) is 10.4. The summed E-state index contributed by atoms with van der Waals surface area (Å²) in [5.41, 5.74) is 13.5. The molecule has 38 heavy (non-hydrogen) atoms. The van der Waals surface area contributed by atoms with Crippen molar-refractivity contribution in [3.05, 3.63) is 76.5 Å². The molecule has 0 aliphatic heterocycles. The van der Waals surface area contributed by atoms with Crippen molar-refractivity contribution >= 4 is 0 Å². The quantitative estimate of drug-likeness (QED) is 0.336. The molecule has 0 bridgehead atoms. The average Bonchev–Trinajstić information content (AvgIpc) is 2.83. The van der Waals surface area contributed by atoms with Crippen molar-refractivity contribution in [2.24, 2.45) is 0 Å². The van der Waals surface area contributed by atoms with Crippen LogP contribution in [0.1, 0.15) is 130 Å². The van der Waals surface area contributed by atoms with Gasteiger partial charge in [-0.1, -0.05) is 100 Å². The minimum atomic E-state index is 0.0953. The Morgan fingerprint density at radius 2 is 1.11 bits per heavy atom. The van der Waals surface area contributed by atoms with Crippen molar-refractivity contribution < 1.29 is 0 Å². The molecular weight excluding hydrogens is 458 g/mol. The topological polar surface area (TPSA) is 12.9 Å². The van der Waals surface area contributed by atoms with Gasteiger partial charge in [0.1, 0.15) is 0 Å². The molecule has 5 rings (SSSR count). The van der Waals surface area contributed by atoms with Gasteiger partial charge >= 0.3 is 0 Å². The maximum atomic E-state index is 4.84. The third-order valence-corrected chi connectivity index (χ3v) is 9.96. The van der Waals surface area contributed by atoms with Crippen LogP contribution in [0.2, 0.25) is 0 Å². The Balaban J connectivity index is 1.85. The number of fused-ring (bicyclic) bond motifs is 2. The van der Waals surface area contributed by atoms with E-state index in [4.69, 9.17) is 4.98 Å². The monoisotopic (exact) mass is 507 g/mol. The minimum Gasteiger partial charge on any atom is -0.256 e. The smallest absolute Gasteiger partial charge is 0.0705 e. The second-order valence-corrected chi connectivity index (χ2v) is 15.9. The Labute approximate surface area is 232 Å². The van der Waals surface area contributed by atoms with Crippen LogP contribution in [0.5, 0.6) is 0 Å². The first-order valence-corrected chi connectivity index (χ1v) is 14.7. The highest BCUT2D eigenvalue weighted by atomic mass is 14.7.